The van der Waals surface area contributed by atoms with Gasteiger partial charge in [0, 0.05) is 6.07 Å². The molecule has 2 aromatic carbocycles. The van der Waals surface area contributed by atoms with E-state index in [2.05, 4.69) is 5.32 Å². The second-order valence-corrected chi connectivity index (χ2v) is 6.10. The molecule has 1 aliphatic rings. The van der Waals surface area contributed by atoms with E-state index < -0.39 is 11.8 Å². The molecular formula is C20H19ClN2O5. The summed E-state index contributed by atoms with van der Waals surface area (Å²) >= 11 is 6.20. The van der Waals surface area contributed by atoms with Crippen LogP contribution in [0.1, 0.15) is 6.92 Å². The molecule has 0 aromatic heterocycles. The van der Waals surface area contributed by atoms with Gasteiger partial charge in [0.15, 0.2) is 0 Å². The topological polar surface area (TPSA) is 77.1 Å². The number of amides is 2. The fourth-order valence-corrected chi connectivity index (χ4v) is 3.00. The summed E-state index contributed by atoms with van der Waals surface area (Å²) in [7, 11) is 2.95. The maximum atomic E-state index is 13.0. The van der Waals surface area contributed by atoms with Crippen LogP contribution < -0.4 is 24.4 Å². The minimum atomic E-state index is -0.647. The zero-order chi connectivity index (χ0) is 20.3. The van der Waals surface area contributed by atoms with Crippen LogP contribution >= 0.6 is 11.6 Å². The lowest BCUT2D eigenvalue weighted by Crippen LogP contribution is -2.32. The van der Waals surface area contributed by atoms with Crippen molar-refractivity contribution in [2.24, 2.45) is 0 Å². The first-order chi connectivity index (χ1) is 13.5. The van der Waals surface area contributed by atoms with Crippen LogP contribution in [0.2, 0.25) is 0 Å². The minimum absolute atomic E-state index is 0.0308. The number of imide groups is 1. The predicted octanol–water partition coefficient (Wildman–Crippen LogP) is 3.54. The molecule has 7 nitrogen and oxygen atoms in total. The van der Waals surface area contributed by atoms with E-state index >= 15 is 0 Å². The first-order valence-corrected chi connectivity index (χ1v) is 8.89. The van der Waals surface area contributed by atoms with E-state index in [1.165, 1.54) is 14.2 Å². The number of methoxy groups -OCH3 is 2. The Morgan fingerprint density at radius 1 is 1.00 bits per heavy atom. The van der Waals surface area contributed by atoms with E-state index in [0.29, 0.717) is 29.5 Å². The monoisotopic (exact) mass is 402 g/mol. The van der Waals surface area contributed by atoms with Gasteiger partial charge in [-0.15, -0.1) is 0 Å². The molecule has 1 N–H and O–H groups in total. The molecule has 0 unspecified atom stereocenters. The van der Waals surface area contributed by atoms with Crippen molar-refractivity contribution in [1.82, 2.24) is 0 Å². The summed E-state index contributed by atoms with van der Waals surface area (Å²) in [5.74, 6) is 0.142. The van der Waals surface area contributed by atoms with Crippen LogP contribution in [0.4, 0.5) is 11.4 Å². The van der Waals surface area contributed by atoms with E-state index in [0.717, 1.165) is 4.90 Å². The second-order valence-electron chi connectivity index (χ2n) is 5.73. The van der Waals surface area contributed by atoms with Crippen LogP contribution in [0.3, 0.4) is 0 Å². The van der Waals surface area contributed by atoms with Crippen molar-refractivity contribution in [1.29, 1.82) is 0 Å². The highest BCUT2D eigenvalue weighted by atomic mass is 35.5. The Morgan fingerprint density at radius 2 is 1.75 bits per heavy atom. The van der Waals surface area contributed by atoms with Crippen molar-refractivity contribution in [3.05, 3.63) is 53.2 Å². The van der Waals surface area contributed by atoms with Gasteiger partial charge in [0.25, 0.3) is 11.8 Å². The number of nitrogens with zero attached hydrogens (tertiary/aromatic N) is 1. The number of halogens is 1. The average molecular weight is 403 g/mol. The number of benzene rings is 2. The minimum Gasteiger partial charge on any atom is -0.497 e. The summed E-state index contributed by atoms with van der Waals surface area (Å²) in [6, 6.07) is 11.9. The zero-order valence-electron chi connectivity index (χ0n) is 15.6. The molecule has 0 bridgehead atoms. The second kappa shape index (κ2) is 8.22. The van der Waals surface area contributed by atoms with Gasteiger partial charge in [-0.3, -0.25) is 9.59 Å². The maximum absolute atomic E-state index is 13.0. The number of hydrogen-bond donors (Lipinski definition) is 1. The highest BCUT2D eigenvalue weighted by Gasteiger charge is 2.40. The van der Waals surface area contributed by atoms with Crippen LogP contribution in [0.15, 0.2) is 53.2 Å². The molecule has 28 heavy (non-hydrogen) atoms. The molecule has 1 aliphatic heterocycles. The first kappa shape index (κ1) is 19.6. The number of ether oxygens (including phenoxy) is 3. The van der Waals surface area contributed by atoms with E-state index in [-0.39, 0.29) is 16.4 Å². The molecule has 2 aromatic rings. The Hall–Kier alpha value is -3.19. The lowest BCUT2D eigenvalue weighted by atomic mass is 10.2. The van der Waals surface area contributed by atoms with Crippen molar-refractivity contribution in [2.45, 2.75) is 6.92 Å². The van der Waals surface area contributed by atoms with E-state index in [1.807, 2.05) is 13.0 Å². The molecule has 0 radical (unpaired) electrons. The Morgan fingerprint density at radius 3 is 2.43 bits per heavy atom. The van der Waals surface area contributed by atoms with Gasteiger partial charge in [0.2, 0.25) is 0 Å². The SMILES string of the molecule is CCOc1ccccc1NC1=C(Cl)C(=O)N(c2ccc(OC)cc2OC)C1=O. The van der Waals surface area contributed by atoms with Gasteiger partial charge in [-0.25, -0.2) is 4.90 Å². The molecule has 2 amide bonds. The number of carbonyl (C=O) groups excluding carboxylic acids is 2. The smallest absolute Gasteiger partial charge is 0.283 e. The van der Waals surface area contributed by atoms with Gasteiger partial charge in [0.1, 0.15) is 28.0 Å². The Kier molecular flexibility index (Phi) is 5.75. The summed E-state index contributed by atoms with van der Waals surface area (Å²) < 4.78 is 16.0. The molecular weight excluding hydrogens is 384 g/mol. The number of rotatable bonds is 7. The number of hydrogen-bond acceptors (Lipinski definition) is 6. The van der Waals surface area contributed by atoms with Crippen LogP contribution in [-0.4, -0.2) is 32.6 Å². The molecule has 8 heteroatoms. The van der Waals surface area contributed by atoms with E-state index in [9.17, 15) is 9.59 Å². The molecule has 0 atom stereocenters. The largest absolute Gasteiger partial charge is 0.497 e. The standard InChI is InChI=1S/C20H19ClN2O5/c1-4-28-15-8-6-5-7-13(15)22-18-17(21)19(24)23(20(18)25)14-10-9-12(26-2)11-16(14)27-3/h5-11,22H,4H2,1-3H3. The number of nitrogens with one attached hydrogen (secondary N) is 1. The van der Waals surface area contributed by atoms with Crippen molar-refractivity contribution in [2.75, 3.05) is 31.0 Å². The highest BCUT2D eigenvalue weighted by Crippen LogP contribution is 2.38. The van der Waals surface area contributed by atoms with Gasteiger partial charge < -0.3 is 19.5 Å². The van der Waals surface area contributed by atoms with Gasteiger partial charge in [-0.1, -0.05) is 23.7 Å². The molecule has 0 saturated carbocycles. The fraction of sp³-hybridized carbons (Fsp3) is 0.200. The lowest BCUT2D eigenvalue weighted by Gasteiger charge is -2.19. The predicted molar refractivity (Wildman–Crippen MR) is 106 cm³/mol. The van der Waals surface area contributed by atoms with E-state index in [1.54, 1.807) is 36.4 Å². The van der Waals surface area contributed by atoms with Gasteiger partial charge in [0.05, 0.1) is 32.2 Å². The van der Waals surface area contributed by atoms with E-state index in [4.69, 9.17) is 25.8 Å². The number of anilines is 2. The fourth-order valence-electron chi connectivity index (χ4n) is 2.79. The van der Waals surface area contributed by atoms with Gasteiger partial charge in [-0.05, 0) is 31.2 Å². The lowest BCUT2D eigenvalue weighted by molar-refractivity contribution is -0.120. The quantitative estimate of drug-likeness (QED) is 0.714. The van der Waals surface area contributed by atoms with Crippen molar-refractivity contribution in [3.63, 3.8) is 0 Å². The maximum Gasteiger partial charge on any atom is 0.283 e. The number of para-hydroxylation sites is 2. The summed E-state index contributed by atoms with van der Waals surface area (Å²) in [5.41, 5.74) is 0.769. The highest BCUT2D eigenvalue weighted by molar-refractivity contribution is 6.53. The Labute approximate surface area is 167 Å². The summed E-state index contributed by atoms with van der Waals surface area (Å²) in [6.07, 6.45) is 0. The summed E-state index contributed by atoms with van der Waals surface area (Å²) in [4.78, 5) is 26.7. The van der Waals surface area contributed by atoms with Gasteiger partial charge in [-0.2, -0.15) is 0 Å². The van der Waals surface area contributed by atoms with Crippen LogP contribution in [0, 0.1) is 0 Å². The van der Waals surface area contributed by atoms with Crippen LogP contribution in [0.25, 0.3) is 0 Å². The third-order valence-corrected chi connectivity index (χ3v) is 4.45. The molecule has 0 fully saturated rings. The average Bonchev–Trinajstić information content (AvgIpc) is 2.92. The van der Waals surface area contributed by atoms with Crippen LogP contribution in [0.5, 0.6) is 17.2 Å². The van der Waals surface area contributed by atoms with Crippen molar-refractivity contribution < 1.29 is 23.8 Å². The normalized spacial score (nSPS) is 13.8. The van der Waals surface area contributed by atoms with Gasteiger partial charge >= 0.3 is 0 Å². The molecule has 1 heterocycles. The Balaban J connectivity index is 1.95. The number of carbonyl (C=O) groups is 2. The zero-order valence-corrected chi connectivity index (χ0v) is 16.4. The molecule has 0 aliphatic carbocycles. The Bertz CT molecular complexity index is 957. The van der Waals surface area contributed by atoms with Crippen molar-refractivity contribution >= 4 is 34.8 Å². The summed E-state index contributed by atoms with van der Waals surface area (Å²) in [6.45, 7) is 2.30. The van der Waals surface area contributed by atoms with Crippen LogP contribution in [-0.2, 0) is 9.59 Å². The third-order valence-electron chi connectivity index (χ3n) is 4.10. The first-order valence-electron chi connectivity index (χ1n) is 8.51. The van der Waals surface area contributed by atoms with Crippen molar-refractivity contribution in [3.8, 4) is 17.2 Å². The molecule has 0 saturated heterocycles. The summed E-state index contributed by atoms with van der Waals surface area (Å²) in [5, 5.41) is 2.72. The molecule has 146 valence electrons. The third kappa shape index (κ3) is 3.48. The molecule has 3 rings (SSSR count). The molecule has 0 spiro atoms.